The number of methoxy groups -OCH3 is 1. The first-order valence-corrected chi connectivity index (χ1v) is 8.85. The third kappa shape index (κ3) is 2.41. The number of nitrogens with zero attached hydrogens (tertiary/aromatic N) is 2. The van der Waals surface area contributed by atoms with Crippen molar-refractivity contribution in [1.82, 2.24) is 10.2 Å². The van der Waals surface area contributed by atoms with Crippen molar-refractivity contribution in [3.63, 3.8) is 0 Å². The number of ether oxygens (including phenoxy) is 2. The summed E-state index contributed by atoms with van der Waals surface area (Å²) in [5, 5.41) is 8.40. The molecule has 2 aliphatic carbocycles. The van der Waals surface area contributed by atoms with Gasteiger partial charge in [-0.15, -0.1) is 5.10 Å². The standard InChI is InChI=1S/C20H20F2N2O3/c1-19(2)12-7-8-20(19,27-10-16(25)26-3)18-11(12)9-15(23-24-18)17-13(21)5-4-6-14(17)22/h4-6,9,12H,7-8,10H2,1-3H3/t12-,20-/m0/s1. The second kappa shape index (κ2) is 6.05. The molecule has 2 bridgehead atoms. The van der Waals surface area contributed by atoms with Crippen molar-refractivity contribution >= 4 is 5.97 Å². The van der Waals surface area contributed by atoms with Crippen molar-refractivity contribution in [1.29, 1.82) is 0 Å². The largest absolute Gasteiger partial charge is 0.467 e. The molecule has 1 fully saturated rings. The Morgan fingerprint density at radius 2 is 1.96 bits per heavy atom. The Morgan fingerprint density at radius 1 is 1.26 bits per heavy atom. The van der Waals surface area contributed by atoms with Crippen LogP contribution in [0.2, 0.25) is 0 Å². The van der Waals surface area contributed by atoms with E-state index in [1.807, 2.05) is 0 Å². The topological polar surface area (TPSA) is 61.3 Å². The van der Waals surface area contributed by atoms with E-state index in [1.54, 1.807) is 6.07 Å². The van der Waals surface area contributed by atoms with Crippen LogP contribution in [0.1, 0.15) is 43.9 Å². The number of hydrogen-bond donors (Lipinski definition) is 0. The predicted octanol–water partition coefficient (Wildman–Crippen LogP) is 3.72. The Morgan fingerprint density at radius 3 is 2.63 bits per heavy atom. The van der Waals surface area contributed by atoms with E-state index in [9.17, 15) is 13.6 Å². The molecule has 0 N–H and O–H groups in total. The normalized spacial score (nSPS) is 24.7. The zero-order valence-electron chi connectivity index (χ0n) is 15.4. The summed E-state index contributed by atoms with van der Waals surface area (Å²) in [4.78, 5) is 11.6. The summed E-state index contributed by atoms with van der Waals surface area (Å²) in [5.74, 6) is -1.71. The Kier molecular flexibility index (Phi) is 4.03. The van der Waals surface area contributed by atoms with Crippen LogP contribution in [-0.4, -0.2) is 29.9 Å². The Bertz CT molecular complexity index is 911. The second-order valence-corrected chi connectivity index (χ2v) is 7.63. The minimum atomic E-state index is -0.763. The molecule has 7 heteroatoms. The van der Waals surface area contributed by atoms with Crippen molar-refractivity contribution in [2.45, 2.75) is 38.2 Å². The van der Waals surface area contributed by atoms with E-state index in [4.69, 9.17) is 4.74 Å². The first-order valence-electron chi connectivity index (χ1n) is 8.85. The van der Waals surface area contributed by atoms with Gasteiger partial charge in [0.25, 0.3) is 0 Å². The van der Waals surface area contributed by atoms with Gasteiger partial charge in [0.2, 0.25) is 0 Å². The highest BCUT2D eigenvalue weighted by atomic mass is 19.1. The van der Waals surface area contributed by atoms with Gasteiger partial charge in [0.1, 0.15) is 23.8 Å². The average Bonchev–Trinajstić information content (AvgIpc) is 3.00. The van der Waals surface area contributed by atoms with Crippen LogP contribution in [0.15, 0.2) is 24.3 Å². The zero-order valence-corrected chi connectivity index (χ0v) is 15.4. The zero-order chi connectivity index (χ0) is 19.4. The third-order valence-corrected chi connectivity index (χ3v) is 6.16. The van der Waals surface area contributed by atoms with Gasteiger partial charge in [-0.2, -0.15) is 5.10 Å². The third-order valence-electron chi connectivity index (χ3n) is 6.16. The van der Waals surface area contributed by atoms with Gasteiger partial charge in [-0.25, -0.2) is 13.6 Å². The molecule has 0 amide bonds. The minimum absolute atomic E-state index is 0.106. The summed E-state index contributed by atoms with van der Waals surface area (Å²) in [6.07, 6.45) is 1.54. The van der Waals surface area contributed by atoms with Gasteiger partial charge in [-0.3, -0.25) is 0 Å². The van der Waals surface area contributed by atoms with Crippen LogP contribution in [0.3, 0.4) is 0 Å². The van der Waals surface area contributed by atoms with E-state index in [0.717, 1.165) is 12.0 Å². The van der Waals surface area contributed by atoms with E-state index in [-0.39, 0.29) is 29.2 Å². The van der Waals surface area contributed by atoms with Gasteiger partial charge < -0.3 is 9.47 Å². The highest BCUT2D eigenvalue weighted by Crippen LogP contribution is 2.67. The molecule has 0 saturated heterocycles. The maximum atomic E-state index is 14.2. The Labute approximate surface area is 155 Å². The molecule has 5 nitrogen and oxygen atoms in total. The van der Waals surface area contributed by atoms with E-state index in [1.165, 1.54) is 25.3 Å². The quantitative estimate of drug-likeness (QED) is 0.764. The van der Waals surface area contributed by atoms with Gasteiger partial charge in [0.15, 0.2) is 0 Å². The maximum Gasteiger partial charge on any atom is 0.331 e. The molecule has 1 saturated carbocycles. The number of carbonyl (C=O) groups is 1. The van der Waals surface area contributed by atoms with Crippen LogP contribution in [0, 0.1) is 17.0 Å². The number of aromatic nitrogens is 2. The fraction of sp³-hybridized carbons (Fsp3) is 0.450. The van der Waals surface area contributed by atoms with Crippen molar-refractivity contribution in [2.24, 2.45) is 5.41 Å². The summed E-state index contributed by atoms with van der Waals surface area (Å²) in [5.41, 5.74) is 0.413. The summed E-state index contributed by atoms with van der Waals surface area (Å²) < 4.78 is 39.1. The number of carbonyl (C=O) groups excluding carboxylic acids is 1. The molecular weight excluding hydrogens is 354 g/mol. The van der Waals surface area contributed by atoms with Crippen molar-refractivity contribution < 1.29 is 23.0 Å². The fourth-order valence-corrected chi connectivity index (χ4v) is 4.70. The van der Waals surface area contributed by atoms with Crippen molar-refractivity contribution in [2.75, 3.05) is 13.7 Å². The highest BCUT2D eigenvalue weighted by Gasteiger charge is 2.64. The molecule has 27 heavy (non-hydrogen) atoms. The molecule has 142 valence electrons. The number of fused-ring (bicyclic) bond motifs is 5. The van der Waals surface area contributed by atoms with Crippen LogP contribution in [0.5, 0.6) is 0 Å². The number of hydrogen-bond acceptors (Lipinski definition) is 5. The minimum Gasteiger partial charge on any atom is -0.467 e. The number of esters is 1. The lowest BCUT2D eigenvalue weighted by molar-refractivity contribution is -0.162. The molecule has 2 aliphatic rings. The molecule has 1 aromatic heterocycles. The Hall–Kier alpha value is -2.41. The molecule has 0 aliphatic heterocycles. The predicted molar refractivity (Wildman–Crippen MR) is 92.8 cm³/mol. The summed E-state index contributed by atoms with van der Waals surface area (Å²) >= 11 is 0. The van der Waals surface area contributed by atoms with Gasteiger partial charge >= 0.3 is 5.97 Å². The van der Waals surface area contributed by atoms with Crippen molar-refractivity contribution in [3.05, 3.63) is 47.2 Å². The van der Waals surface area contributed by atoms with Crippen LogP contribution in [0.25, 0.3) is 11.3 Å². The van der Waals surface area contributed by atoms with E-state index in [0.29, 0.717) is 12.1 Å². The lowest BCUT2D eigenvalue weighted by Gasteiger charge is -2.37. The van der Waals surface area contributed by atoms with Crippen LogP contribution in [-0.2, 0) is 19.9 Å². The molecule has 1 heterocycles. The summed E-state index contributed by atoms with van der Waals surface area (Å²) in [7, 11) is 1.31. The number of halogens is 2. The lowest BCUT2D eigenvalue weighted by atomic mass is 9.77. The smallest absolute Gasteiger partial charge is 0.331 e. The summed E-state index contributed by atoms with van der Waals surface area (Å²) in [6.45, 7) is 3.94. The van der Waals surface area contributed by atoms with Gasteiger partial charge in [-0.05, 0) is 42.5 Å². The first-order chi connectivity index (χ1) is 12.8. The van der Waals surface area contributed by atoms with E-state index >= 15 is 0 Å². The van der Waals surface area contributed by atoms with Gasteiger partial charge in [0, 0.05) is 5.41 Å². The van der Waals surface area contributed by atoms with Crippen LogP contribution in [0.4, 0.5) is 8.78 Å². The molecule has 2 atom stereocenters. The number of rotatable bonds is 4. The number of benzene rings is 1. The summed E-state index contributed by atoms with van der Waals surface area (Å²) in [6, 6.07) is 5.42. The monoisotopic (exact) mass is 374 g/mol. The van der Waals surface area contributed by atoms with Gasteiger partial charge in [0.05, 0.1) is 24.1 Å². The molecule has 0 spiro atoms. The fourth-order valence-electron chi connectivity index (χ4n) is 4.70. The Balaban J connectivity index is 1.80. The second-order valence-electron chi connectivity index (χ2n) is 7.63. The van der Waals surface area contributed by atoms with Crippen LogP contribution < -0.4 is 0 Å². The highest BCUT2D eigenvalue weighted by molar-refractivity contribution is 5.70. The van der Waals surface area contributed by atoms with E-state index in [2.05, 4.69) is 28.8 Å². The van der Waals surface area contributed by atoms with E-state index < -0.39 is 23.2 Å². The van der Waals surface area contributed by atoms with Crippen molar-refractivity contribution in [3.8, 4) is 11.3 Å². The molecule has 0 radical (unpaired) electrons. The maximum absolute atomic E-state index is 14.2. The molecule has 4 rings (SSSR count). The molecule has 0 unspecified atom stereocenters. The SMILES string of the molecule is COC(=O)CO[C@@]12CC[C@@H](c3cc(-c4c(F)cccc4F)nnc31)C2(C)C. The average molecular weight is 374 g/mol. The molecule has 2 aromatic rings. The molecular formula is C20H20F2N2O3. The van der Waals surface area contributed by atoms with Gasteiger partial charge in [-0.1, -0.05) is 19.9 Å². The molecule has 1 aromatic carbocycles. The first kappa shape index (κ1) is 18.0. The van der Waals surface area contributed by atoms with Crippen LogP contribution >= 0.6 is 0 Å². The lowest BCUT2D eigenvalue weighted by Crippen LogP contribution is -2.40.